The molecule has 0 heterocycles. The first-order chi connectivity index (χ1) is 11.3. The fourth-order valence-electron chi connectivity index (χ4n) is 1.79. The molecule has 0 aromatic heterocycles. The van der Waals surface area contributed by atoms with E-state index in [1.54, 1.807) is 25.6 Å². The van der Waals surface area contributed by atoms with E-state index in [1.165, 1.54) is 0 Å². The molecule has 1 aromatic carbocycles. The highest BCUT2D eigenvalue weighted by atomic mass is 32.2. The molecular weight excluding hydrogens is 330 g/mol. The summed E-state index contributed by atoms with van der Waals surface area (Å²) in [6, 6.07) is 8.19. The maximum atomic E-state index is 11.7. The van der Waals surface area contributed by atoms with Crippen LogP contribution in [0.4, 0.5) is 4.79 Å². The number of carbonyl (C=O) groups excluding carboxylic acids is 1. The average Bonchev–Trinajstić information content (AvgIpc) is 2.51. The second-order valence-corrected chi connectivity index (χ2v) is 7.29. The normalized spacial score (nSPS) is 12.5. The number of ether oxygens (including phenoxy) is 1. The average molecular weight is 355 g/mol. The monoisotopic (exact) mass is 355 g/mol. The van der Waals surface area contributed by atoms with Crippen LogP contribution in [0.25, 0.3) is 0 Å². The molecule has 0 spiro atoms. The van der Waals surface area contributed by atoms with Crippen molar-refractivity contribution in [2.45, 2.75) is 44.9 Å². The molecule has 1 unspecified atom stereocenters. The molecule has 1 rings (SSSR count). The molecule has 0 saturated carbocycles. The lowest BCUT2D eigenvalue weighted by molar-refractivity contribution is -0.139. The molecule has 0 aliphatic rings. The first-order valence-corrected chi connectivity index (χ1v) is 8.93. The summed E-state index contributed by atoms with van der Waals surface area (Å²) < 4.78 is 5.03. The maximum absolute atomic E-state index is 11.7. The van der Waals surface area contributed by atoms with E-state index in [2.05, 4.69) is 5.32 Å². The Balaban J connectivity index is 2.29. The summed E-state index contributed by atoms with van der Waals surface area (Å²) >= 11 is 1.55. The van der Waals surface area contributed by atoms with Crippen LogP contribution < -0.4 is 5.32 Å². The summed E-state index contributed by atoms with van der Waals surface area (Å²) in [7, 11) is 0. The minimum Gasteiger partial charge on any atom is -0.480 e. The predicted molar refractivity (Wildman–Crippen MR) is 94.0 cm³/mol. The Morgan fingerprint density at radius 2 is 1.92 bits per heavy atom. The minimum atomic E-state index is -1.09. The van der Waals surface area contributed by atoms with Crippen molar-refractivity contribution in [2.24, 2.45) is 0 Å². The van der Waals surface area contributed by atoms with Crippen molar-refractivity contribution in [3.63, 3.8) is 0 Å². The first kappa shape index (κ1) is 20.3. The molecular formula is C17H25NO5S. The lowest BCUT2D eigenvalue weighted by Gasteiger charge is -2.17. The van der Waals surface area contributed by atoms with E-state index in [4.69, 9.17) is 4.74 Å². The van der Waals surface area contributed by atoms with Crippen LogP contribution >= 0.6 is 11.8 Å². The van der Waals surface area contributed by atoms with Crippen LogP contribution in [0, 0.1) is 0 Å². The Morgan fingerprint density at radius 1 is 1.25 bits per heavy atom. The topological polar surface area (TPSA) is 95.9 Å². The Bertz CT molecular complexity index is 515. The van der Waals surface area contributed by atoms with Gasteiger partial charge in [0.25, 0.3) is 0 Å². The van der Waals surface area contributed by atoms with Gasteiger partial charge < -0.3 is 20.3 Å². The lowest BCUT2D eigenvalue weighted by atomic mass is 10.1. The van der Waals surface area contributed by atoms with Gasteiger partial charge >= 0.3 is 12.1 Å². The molecule has 0 aliphatic carbocycles. The van der Waals surface area contributed by atoms with Gasteiger partial charge in [-0.15, -0.1) is 0 Å². The Kier molecular flexibility index (Phi) is 8.63. The third-order valence-corrected chi connectivity index (χ3v) is 4.23. The number of rotatable bonds is 10. The molecule has 1 atom stereocenters. The predicted octanol–water partition coefficient (Wildman–Crippen LogP) is 2.65. The summed E-state index contributed by atoms with van der Waals surface area (Å²) in [4.78, 5) is 22.9. The zero-order valence-corrected chi connectivity index (χ0v) is 14.8. The van der Waals surface area contributed by atoms with Crippen LogP contribution in [0.1, 0.15) is 32.3 Å². The molecule has 0 aliphatic heterocycles. The van der Waals surface area contributed by atoms with Gasteiger partial charge in [-0.1, -0.05) is 30.3 Å². The van der Waals surface area contributed by atoms with Crippen LogP contribution in [-0.2, 0) is 16.1 Å². The maximum Gasteiger partial charge on any atom is 0.408 e. The van der Waals surface area contributed by atoms with Gasteiger partial charge in [0.2, 0.25) is 0 Å². The molecule has 0 radical (unpaired) electrons. The summed E-state index contributed by atoms with van der Waals surface area (Å²) in [6.45, 7) is 3.56. The van der Waals surface area contributed by atoms with E-state index in [0.29, 0.717) is 18.6 Å². The van der Waals surface area contributed by atoms with Crippen LogP contribution in [0.2, 0.25) is 0 Å². The van der Waals surface area contributed by atoms with Gasteiger partial charge in [0.1, 0.15) is 12.6 Å². The number of benzene rings is 1. The fraction of sp³-hybridized carbons (Fsp3) is 0.529. The third kappa shape index (κ3) is 9.42. The van der Waals surface area contributed by atoms with E-state index in [9.17, 15) is 19.8 Å². The van der Waals surface area contributed by atoms with Crippen molar-refractivity contribution in [3.05, 3.63) is 35.9 Å². The van der Waals surface area contributed by atoms with Gasteiger partial charge in [-0.05, 0) is 43.8 Å². The molecule has 7 heteroatoms. The zero-order chi connectivity index (χ0) is 18.0. The number of nitrogens with one attached hydrogen (secondary N) is 1. The number of aliphatic hydroxyl groups is 1. The Labute approximate surface area is 146 Å². The summed E-state index contributed by atoms with van der Waals surface area (Å²) in [5.74, 6) is 0.218. The molecule has 3 N–H and O–H groups in total. The van der Waals surface area contributed by atoms with E-state index < -0.39 is 23.7 Å². The summed E-state index contributed by atoms with van der Waals surface area (Å²) in [5, 5.41) is 21.1. The molecule has 0 fully saturated rings. The van der Waals surface area contributed by atoms with Gasteiger partial charge in [-0.2, -0.15) is 11.8 Å². The van der Waals surface area contributed by atoms with Crippen molar-refractivity contribution in [3.8, 4) is 0 Å². The molecule has 0 saturated heterocycles. The van der Waals surface area contributed by atoms with Crippen LogP contribution in [-0.4, -0.2) is 45.4 Å². The smallest absolute Gasteiger partial charge is 0.408 e. The van der Waals surface area contributed by atoms with E-state index in [1.807, 2.05) is 30.3 Å². The first-order valence-electron chi connectivity index (χ1n) is 7.78. The third-order valence-electron chi connectivity index (χ3n) is 3.21. The zero-order valence-electron chi connectivity index (χ0n) is 14.0. The molecule has 134 valence electrons. The molecule has 24 heavy (non-hydrogen) atoms. The Hall–Kier alpha value is -1.73. The van der Waals surface area contributed by atoms with Gasteiger partial charge in [0.05, 0.1) is 5.60 Å². The van der Waals surface area contributed by atoms with Crippen molar-refractivity contribution >= 4 is 23.8 Å². The SMILES string of the molecule is CC(C)(O)CCSCCC(NC(=O)OCc1ccccc1)C(=O)O. The second-order valence-electron chi connectivity index (χ2n) is 6.06. The number of alkyl carbamates (subject to hydrolysis) is 1. The number of hydrogen-bond donors (Lipinski definition) is 3. The van der Waals surface area contributed by atoms with Gasteiger partial charge in [0.15, 0.2) is 0 Å². The summed E-state index contributed by atoms with van der Waals surface area (Å²) in [6.07, 6.45) is 0.182. The number of carbonyl (C=O) groups is 2. The molecule has 1 aromatic rings. The standard InChI is InChI=1S/C17H25NO5S/c1-17(2,22)9-11-24-10-8-14(15(19)20)18-16(21)23-12-13-6-4-3-5-7-13/h3-7,14,22H,8-12H2,1-2H3,(H,18,21)(H,19,20). The minimum absolute atomic E-state index is 0.0966. The van der Waals surface area contributed by atoms with Crippen molar-refractivity contribution in [1.29, 1.82) is 0 Å². The second kappa shape index (κ2) is 10.2. The highest BCUT2D eigenvalue weighted by molar-refractivity contribution is 7.99. The van der Waals surface area contributed by atoms with Crippen LogP contribution in [0.3, 0.4) is 0 Å². The van der Waals surface area contributed by atoms with Crippen LogP contribution in [0.15, 0.2) is 30.3 Å². The number of amides is 1. The highest BCUT2D eigenvalue weighted by Crippen LogP contribution is 2.14. The van der Waals surface area contributed by atoms with Crippen molar-refractivity contribution in [1.82, 2.24) is 5.32 Å². The molecule has 1 amide bonds. The van der Waals surface area contributed by atoms with E-state index in [0.717, 1.165) is 11.3 Å². The van der Waals surface area contributed by atoms with Crippen molar-refractivity contribution < 1.29 is 24.5 Å². The summed E-state index contributed by atoms with van der Waals surface area (Å²) in [5.41, 5.74) is 0.111. The molecule has 6 nitrogen and oxygen atoms in total. The number of carboxylic acid groups (broad SMARTS) is 1. The van der Waals surface area contributed by atoms with E-state index >= 15 is 0 Å². The largest absolute Gasteiger partial charge is 0.480 e. The van der Waals surface area contributed by atoms with Gasteiger partial charge in [-0.25, -0.2) is 9.59 Å². The van der Waals surface area contributed by atoms with Gasteiger partial charge in [0, 0.05) is 0 Å². The van der Waals surface area contributed by atoms with Crippen molar-refractivity contribution in [2.75, 3.05) is 11.5 Å². The molecule has 0 bridgehead atoms. The Morgan fingerprint density at radius 3 is 2.50 bits per heavy atom. The van der Waals surface area contributed by atoms with Crippen LogP contribution in [0.5, 0.6) is 0 Å². The number of aliphatic carboxylic acids is 1. The lowest BCUT2D eigenvalue weighted by Crippen LogP contribution is -2.41. The quantitative estimate of drug-likeness (QED) is 0.559. The van der Waals surface area contributed by atoms with E-state index in [-0.39, 0.29) is 6.61 Å². The fourth-order valence-corrected chi connectivity index (χ4v) is 3.04. The van der Waals surface area contributed by atoms with Gasteiger partial charge in [-0.3, -0.25) is 0 Å². The number of hydrogen-bond acceptors (Lipinski definition) is 5. The highest BCUT2D eigenvalue weighted by Gasteiger charge is 2.20. The number of thioether (sulfide) groups is 1. The number of carboxylic acids is 1.